The molecule has 1 aliphatic rings. The molecule has 0 amide bonds. The van der Waals surface area contributed by atoms with Gasteiger partial charge in [-0.1, -0.05) is 5.16 Å². The number of nitrogens with zero attached hydrogens (tertiary/aromatic N) is 3. The molecule has 1 aromatic heterocycles. The fourth-order valence-electron chi connectivity index (χ4n) is 1.71. The summed E-state index contributed by atoms with van der Waals surface area (Å²) < 4.78 is 5.16. The quantitative estimate of drug-likeness (QED) is 0.739. The minimum absolute atomic E-state index is 0.235. The molecule has 5 nitrogen and oxygen atoms in total. The van der Waals surface area contributed by atoms with Gasteiger partial charge >= 0.3 is 0 Å². The van der Waals surface area contributed by atoms with Crippen molar-refractivity contribution in [3.8, 4) is 0 Å². The Morgan fingerprint density at radius 1 is 1.43 bits per heavy atom. The van der Waals surface area contributed by atoms with Gasteiger partial charge in [0.25, 0.3) is 0 Å². The van der Waals surface area contributed by atoms with Gasteiger partial charge in [-0.15, -0.1) is 0 Å². The average molecular weight is 196 g/mol. The molecule has 14 heavy (non-hydrogen) atoms. The van der Waals surface area contributed by atoms with Crippen LogP contribution in [0.25, 0.3) is 0 Å². The third-order valence-electron chi connectivity index (χ3n) is 2.60. The molecule has 0 aliphatic carbocycles. The number of aromatic nitrogens is 2. The van der Waals surface area contributed by atoms with Crippen molar-refractivity contribution in [1.82, 2.24) is 20.4 Å². The third kappa shape index (κ3) is 1.93. The van der Waals surface area contributed by atoms with E-state index >= 15 is 0 Å². The summed E-state index contributed by atoms with van der Waals surface area (Å²) in [6, 6.07) is 0.235. The van der Waals surface area contributed by atoms with Crippen molar-refractivity contribution >= 4 is 0 Å². The summed E-state index contributed by atoms with van der Waals surface area (Å²) in [5.74, 6) is 1.44. The van der Waals surface area contributed by atoms with Gasteiger partial charge in [-0.05, 0) is 13.8 Å². The van der Waals surface area contributed by atoms with Gasteiger partial charge in [0.05, 0.1) is 6.04 Å². The van der Waals surface area contributed by atoms with E-state index in [2.05, 4.69) is 27.3 Å². The van der Waals surface area contributed by atoms with Gasteiger partial charge in [-0.2, -0.15) is 4.98 Å². The zero-order valence-electron chi connectivity index (χ0n) is 8.66. The highest BCUT2D eigenvalue weighted by molar-refractivity contribution is 4.91. The Morgan fingerprint density at radius 3 is 2.71 bits per heavy atom. The van der Waals surface area contributed by atoms with Crippen LogP contribution in [0.3, 0.4) is 0 Å². The first kappa shape index (κ1) is 9.61. The third-order valence-corrected chi connectivity index (χ3v) is 2.60. The zero-order valence-corrected chi connectivity index (χ0v) is 8.66. The second kappa shape index (κ2) is 4.06. The Morgan fingerprint density at radius 2 is 2.14 bits per heavy atom. The summed E-state index contributed by atoms with van der Waals surface area (Å²) in [5, 5.41) is 7.12. The van der Waals surface area contributed by atoms with Crippen LogP contribution in [0.2, 0.25) is 0 Å². The standard InChI is InChI=1S/C9H16N4O/c1-7(9-11-8(2)12-14-9)13-5-3-10-4-6-13/h7,10H,3-6H2,1-2H3. The smallest absolute Gasteiger partial charge is 0.243 e. The topological polar surface area (TPSA) is 54.2 Å². The Labute approximate surface area is 83.5 Å². The molecule has 1 fully saturated rings. The highest BCUT2D eigenvalue weighted by Crippen LogP contribution is 2.17. The number of nitrogens with one attached hydrogen (secondary N) is 1. The predicted molar refractivity (Wildman–Crippen MR) is 51.9 cm³/mol. The van der Waals surface area contributed by atoms with E-state index in [4.69, 9.17) is 4.52 Å². The fourth-order valence-corrected chi connectivity index (χ4v) is 1.71. The Kier molecular flexibility index (Phi) is 2.79. The largest absolute Gasteiger partial charge is 0.338 e. The summed E-state index contributed by atoms with van der Waals surface area (Å²) in [4.78, 5) is 6.60. The maximum absolute atomic E-state index is 5.16. The summed E-state index contributed by atoms with van der Waals surface area (Å²) >= 11 is 0. The second-order valence-corrected chi connectivity index (χ2v) is 3.64. The van der Waals surface area contributed by atoms with Crippen molar-refractivity contribution in [2.75, 3.05) is 26.2 Å². The number of aryl methyl sites for hydroxylation is 1. The van der Waals surface area contributed by atoms with Gasteiger partial charge in [0.1, 0.15) is 0 Å². The van der Waals surface area contributed by atoms with Crippen LogP contribution in [-0.4, -0.2) is 41.2 Å². The van der Waals surface area contributed by atoms with E-state index in [0.717, 1.165) is 32.1 Å². The number of hydrogen-bond acceptors (Lipinski definition) is 5. The predicted octanol–water partition coefficient (Wildman–Crippen LogP) is 0.344. The molecule has 0 aromatic carbocycles. The van der Waals surface area contributed by atoms with Crippen LogP contribution in [0.4, 0.5) is 0 Å². The molecule has 78 valence electrons. The number of piperazine rings is 1. The lowest BCUT2D eigenvalue weighted by atomic mass is 10.2. The lowest BCUT2D eigenvalue weighted by molar-refractivity contribution is 0.154. The molecule has 2 heterocycles. The van der Waals surface area contributed by atoms with Crippen molar-refractivity contribution < 1.29 is 4.52 Å². The average Bonchev–Trinajstić information content (AvgIpc) is 2.65. The Bertz CT molecular complexity index is 293. The molecule has 0 spiro atoms. The summed E-state index contributed by atoms with van der Waals surface area (Å²) in [7, 11) is 0. The highest BCUT2D eigenvalue weighted by Gasteiger charge is 2.22. The van der Waals surface area contributed by atoms with Gasteiger partial charge in [-0.25, -0.2) is 0 Å². The Balaban J connectivity index is 2.03. The van der Waals surface area contributed by atoms with Crippen molar-refractivity contribution in [3.63, 3.8) is 0 Å². The molecule has 1 aliphatic heterocycles. The van der Waals surface area contributed by atoms with Gasteiger partial charge in [0, 0.05) is 26.2 Å². The summed E-state index contributed by atoms with van der Waals surface area (Å²) in [6.07, 6.45) is 0. The van der Waals surface area contributed by atoms with E-state index in [1.807, 2.05) is 6.92 Å². The van der Waals surface area contributed by atoms with Crippen LogP contribution in [-0.2, 0) is 0 Å². The van der Waals surface area contributed by atoms with Crippen molar-refractivity contribution in [2.45, 2.75) is 19.9 Å². The lowest BCUT2D eigenvalue weighted by Gasteiger charge is -2.30. The molecule has 2 rings (SSSR count). The minimum Gasteiger partial charge on any atom is -0.338 e. The highest BCUT2D eigenvalue weighted by atomic mass is 16.5. The first-order chi connectivity index (χ1) is 6.77. The first-order valence-electron chi connectivity index (χ1n) is 5.02. The molecule has 0 bridgehead atoms. The van der Waals surface area contributed by atoms with E-state index in [0.29, 0.717) is 5.82 Å². The van der Waals surface area contributed by atoms with Gasteiger partial charge < -0.3 is 9.84 Å². The molecule has 1 aromatic rings. The summed E-state index contributed by atoms with van der Waals surface area (Å²) in [6.45, 7) is 8.12. The molecule has 0 radical (unpaired) electrons. The maximum Gasteiger partial charge on any atom is 0.243 e. The zero-order chi connectivity index (χ0) is 9.97. The molecule has 1 saturated heterocycles. The van der Waals surface area contributed by atoms with Gasteiger partial charge in [-0.3, -0.25) is 4.90 Å². The van der Waals surface area contributed by atoms with Crippen LogP contribution in [0.1, 0.15) is 24.7 Å². The van der Waals surface area contributed by atoms with Crippen LogP contribution >= 0.6 is 0 Å². The normalized spacial score (nSPS) is 21.0. The molecule has 0 saturated carbocycles. The van der Waals surface area contributed by atoms with Gasteiger partial charge in [0.15, 0.2) is 5.82 Å². The second-order valence-electron chi connectivity index (χ2n) is 3.64. The van der Waals surface area contributed by atoms with E-state index in [-0.39, 0.29) is 6.04 Å². The maximum atomic E-state index is 5.16. The monoisotopic (exact) mass is 196 g/mol. The van der Waals surface area contributed by atoms with E-state index < -0.39 is 0 Å². The van der Waals surface area contributed by atoms with Crippen molar-refractivity contribution in [1.29, 1.82) is 0 Å². The molecule has 5 heteroatoms. The van der Waals surface area contributed by atoms with Crippen molar-refractivity contribution in [3.05, 3.63) is 11.7 Å². The molecule has 1 atom stereocenters. The van der Waals surface area contributed by atoms with Crippen LogP contribution in [0.15, 0.2) is 4.52 Å². The van der Waals surface area contributed by atoms with E-state index in [1.54, 1.807) is 0 Å². The molecular weight excluding hydrogens is 180 g/mol. The van der Waals surface area contributed by atoms with E-state index in [1.165, 1.54) is 0 Å². The van der Waals surface area contributed by atoms with E-state index in [9.17, 15) is 0 Å². The fraction of sp³-hybridized carbons (Fsp3) is 0.778. The van der Waals surface area contributed by atoms with Crippen LogP contribution in [0.5, 0.6) is 0 Å². The van der Waals surface area contributed by atoms with Gasteiger partial charge in [0.2, 0.25) is 5.89 Å². The minimum atomic E-state index is 0.235. The SMILES string of the molecule is Cc1noc(C(C)N2CCNCC2)n1. The number of hydrogen-bond donors (Lipinski definition) is 1. The van der Waals surface area contributed by atoms with Crippen molar-refractivity contribution in [2.24, 2.45) is 0 Å². The number of rotatable bonds is 2. The molecule has 1 unspecified atom stereocenters. The molecule has 1 N–H and O–H groups in total. The van der Waals surface area contributed by atoms with Crippen LogP contribution < -0.4 is 5.32 Å². The lowest BCUT2D eigenvalue weighted by Crippen LogP contribution is -2.44. The van der Waals surface area contributed by atoms with Crippen LogP contribution in [0, 0.1) is 6.92 Å². The first-order valence-corrected chi connectivity index (χ1v) is 5.02. The summed E-state index contributed by atoms with van der Waals surface area (Å²) in [5.41, 5.74) is 0. The molecular formula is C9H16N4O. The Hall–Kier alpha value is -0.940.